The average molecular weight is 226 g/mol. The van der Waals surface area contributed by atoms with Gasteiger partial charge in [-0.25, -0.2) is 4.79 Å². The molecular weight excluding hydrogens is 214 g/mol. The second-order valence-corrected chi connectivity index (χ2v) is 3.58. The van der Waals surface area contributed by atoms with Crippen molar-refractivity contribution in [2.24, 2.45) is 0 Å². The van der Waals surface area contributed by atoms with Crippen LogP contribution < -0.4 is 5.32 Å². The monoisotopic (exact) mass is 225 g/mol. The van der Waals surface area contributed by atoms with Crippen LogP contribution in [0.4, 0.5) is 5.69 Å². The summed E-state index contributed by atoms with van der Waals surface area (Å²) in [6.45, 7) is 5.56. The first-order valence-electron chi connectivity index (χ1n) is 4.46. The van der Waals surface area contributed by atoms with E-state index in [1.165, 1.54) is 12.1 Å². The zero-order valence-corrected chi connectivity index (χ0v) is 9.08. The zero-order valence-electron chi connectivity index (χ0n) is 8.33. The molecule has 1 aromatic carbocycles. The van der Waals surface area contributed by atoms with E-state index in [9.17, 15) is 4.79 Å². The molecule has 0 heterocycles. The zero-order chi connectivity index (χ0) is 11.4. The molecule has 0 spiro atoms. The van der Waals surface area contributed by atoms with E-state index in [1.54, 1.807) is 12.1 Å². The van der Waals surface area contributed by atoms with Crippen molar-refractivity contribution in [1.29, 1.82) is 0 Å². The fourth-order valence-electron chi connectivity index (χ4n) is 1.07. The number of benzene rings is 1. The number of anilines is 1. The largest absolute Gasteiger partial charge is 0.478 e. The Hall–Kier alpha value is -1.48. The van der Waals surface area contributed by atoms with E-state index in [0.29, 0.717) is 10.7 Å². The molecule has 1 rings (SSSR count). The van der Waals surface area contributed by atoms with Gasteiger partial charge < -0.3 is 10.4 Å². The first-order chi connectivity index (χ1) is 7.04. The molecule has 0 amide bonds. The molecule has 0 aromatic heterocycles. The summed E-state index contributed by atoms with van der Waals surface area (Å²) in [5.74, 6) is -0.986. The molecule has 80 valence electrons. The Morgan fingerprint density at radius 2 is 2.33 bits per heavy atom. The van der Waals surface area contributed by atoms with Crippen molar-refractivity contribution in [3.05, 3.63) is 41.4 Å². The normalized spacial score (nSPS) is 11.9. The lowest BCUT2D eigenvalue weighted by atomic mass is 10.2. The molecule has 1 unspecified atom stereocenters. The minimum atomic E-state index is -0.986. The molecule has 0 saturated heterocycles. The number of carboxylic acid groups (broad SMARTS) is 1. The molecule has 0 bridgehead atoms. The van der Waals surface area contributed by atoms with E-state index >= 15 is 0 Å². The van der Waals surface area contributed by atoms with Crippen LogP contribution in [0.15, 0.2) is 30.9 Å². The van der Waals surface area contributed by atoms with Crippen LogP contribution in [-0.4, -0.2) is 17.1 Å². The minimum Gasteiger partial charge on any atom is -0.478 e. The predicted octanol–water partition coefficient (Wildman–Crippen LogP) is 3.02. The highest BCUT2D eigenvalue weighted by atomic mass is 35.5. The van der Waals surface area contributed by atoms with E-state index in [1.807, 2.05) is 6.92 Å². The summed E-state index contributed by atoms with van der Waals surface area (Å²) in [5, 5.41) is 12.2. The summed E-state index contributed by atoms with van der Waals surface area (Å²) < 4.78 is 0. The molecule has 3 nitrogen and oxygen atoms in total. The van der Waals surface area contributed by atoms with E-state index in [4.69, 9.17) is 16.7 Å². The van der Waals surface area contributed by atoms with Crippen LogP contribution in [0.1, 0.15) is 17.3 Å². The van der Waals surface area contributed by atoms with Crippen molar-refractivity contribution in [1.82, 2.24) is 0 Å². The third-order valence-corrected chi connectivity index (χ3v) is 2.27. The van der Waals surface area contributed by atoms with Crippen LogP contribution in [-0.2, 0) is 0 Å². The summed E-state index contributed by atoms with van der Waals surface area (Å²) in [5.41, 5.74) is 0.880. The fraction of sp³-hybridized carbons (Fsp3) is 0.182. The number of aromatic carboxylic acids is 1. The number of hydrogen-bond acceptors (Lipinski definition) is 2. The van der Waals surface area contributed by atoms with Crippen LogP contribution >= 0.6 is 11.6 Å². The number of rotatable bonds is 4. The lowest BCUT2D eigenvalue weighted by molar-refractivity contribution is 0.0697. The highest BCUT2D eigenvalue weighted by Gasteiger charge is 2.07. The van der Waals surface area contributed by atoms with Gasteiger partial charge in [-0.1, -0.05) is 17.7 Å². The number of halogens is 1. The number of nitrogens with one attached hydrogen (secondary N) is 1. The van der Waals surface area contributed by atoms with Crippen molar-refractivity contribution in [2.45, 2.75) is 13.0 Å². The summed E-state index contributed by atoms with van der Waals surface area (Å²) in [6, 6.07) is 4.65. The average Bonchev–Trinajstić information content (AvgIpc) is 2.20. The lowest BCUT2D eigenvalue weighted by Crippen LogP contribution is -2.11. The van der Waals surface area contributed by atoms with E-state index < -0.39 is 5.97 Å². The molecule has 0 radical (unpaired) electrons. The van der Waals surface area contributed by atoms with E-state index in [2.05, 4.69) is 11.9 Å². The maximum Gasteiger partial charge on any atom is 0.335 e. The smallest absolute Gasteiger partial charge is 0.335 e. The Kier molecular flexibility index (Phi) is 3.74. The summed E-state index contributed by atoms with van der Waals surface area (Å²) >= 11 is 5.91. The van der Waals surface area contributed by atoms with Gasteiger partial charge in [0.2, 0.25) is 0 Å². The summed E-state index contributed by atoms with van der Waals surface area (Å²) in [7, 11) is 0. The van der Waals surface area contributed by atoms with Gasteiger partial charge in [0, 0.05) is 6.04 Å². The Morgan fingerprint density at radius 1 is 1.67 bits per heavy atom. The standard InChI is InChI=1S/C11H12ClNO2/c1-3-7(2)13-10-5-4-8(11(14)15)6-9(10)12/h3-7,13H,1H2,2H3,(H,14,15). The van der Waals surface area contributed by atoms with Gasteiger partial charge in [-0.2, -0.15) is 0 Å². The minimum absolute atomic E-state index is 0.0816. The van der Waals surface area contributed by atoms with Crippen molar-refractivity contribution in [3.8, 4) is 0 Å². The van der Waals surface area contributed by atoms with Crippen LogP contribution in [0, 0.1) is 0 Å². The van der Waals surface area contributed by atoms with Crippen LogP contribution in [0.25, 0.3) is 0 Å². The Labute approximate surface area is 93.4 Å². The first-order valence-corrected chi connectivity index (χ1v) is 4.84. The van der Waals surface area contributed by atoms with Crippen molar-refractivity contribution in [3.63, 3.8) is 0 Å². The molecule has 0 aliphatic carbocycles. The van der Waals surface area contributed by atoms with Gasteiger partial charge in [-0.3, -0.25) is 0 Å². The van der Waals surface area contributed by atoms with Gasteiger partial charge in [0.15, 0.2) is 0 Å². The molecule has 4 heteroatoms. The fourth-order valence-corrected chi connectivity index (χ4v) is 1.30. The van der Waals surface area contributed by atoms with Crippen molar-refractivity contribution < 1.29 is 9.90 Å². The predicted molar refractivity (Wildman–Crippen MR) is 61.7 cm³/mol. The maximum atomic E-state index is 10.6. The van der Waals surface area contributed by atoms with Gasteiger partial charge in [0.1, 0.15) is 0 Å². The maximum absolute atomic E-state index is 10.6. The topological polar surface area (TPSA) is 49.3 Å². The van der Waals surface area contributed by atoms with E-state index in [-0.39, 0.29) is 11.6 Å². The SMILES string of the molecule is C=CC(C)Nc1ccc(C(=O)O)cc1Cl. The Balaban J connectivity index is 2.93. The second kappa shape index (κ2) is 4.84. The molecule has 2 N–H and O–H groups in total. The van der Waals surface area contributed by atoms with Crippen LogP contribution in [0.2, 0.25) is 5.02 Å². The second-order valence-electron chi connectivity index (χ2n) is 3.17. The first kappa shape index (κ1) is 11.6. The van der Waals surface area contributed by atoms with Crippen molar-refractivity contribution in [2.75, 3.05) is 5.32 Å². The Bertz CT molecular complexity index is 390. The quantitative estimate of drug-likeness (QED) is 0.775. The van der Waals surface area contributed by atoms with Gasteiger partial charge in [0.05, 0.1) is 16.3 Å². The van der Waals surface area contributed by atoms with Gasteiger partial charge in [-0.05, 0) is 25.1 Å². The molecular formula is C11H12ClNO2. The lowest BCUT2D eigenvalue weighted by Gasteiger charge is -2.12. The Morgan fingerprint density at radius 3 is 2.80 bits per heavy atom. The molecule has 1 aromatic rings. The highest BCUT2D eigenvalue weighted by Crippen LogP contribution is 2.23. The molecule has 0 fully saturated rings. The van der Waals surface area contributed by atoms with Gasteiger partial charge in [-0.15, -0.1) is 6.58 Å². The summed E-state index contributed by atoms with van der Waals surface area (Å²) in [6.07, 6.45) is 1.74. The molecule has 1 atom stereocenters. The van der Waals surface area contributed by atoms with Gasteiger partial charge >= 0.3 is 5.97 Å². The summed E-state index contributed by atoms with van der Waals surface area (Å²) in [4.78, 5) is 10.6. The molecule has 0 saturated carbocycles. The third-order valence-electron chi connectivity index (χ3n) is 1.95. The molecule has 15 heavy (non-hydrogen) atoms. The third kappa shape index (κ3) is 2.99. The van der Waals surface area contributed by atoms with Gasteiger partial charge in [0.25, 0.3) is 0 Å². The number of carboxylic acids is 1. The highest BCUT2D eigenvalue weighted by molar-refractivity contribution is 6.33. The number of carbonyl (C=O) groups is 1. The van der Waals surface area contributed by atoms with Crippen LogP contribution in [0.3, 0.4) is 0 Å². The van der Waals surface area contributed by atoms with Crippen LogP contribution in [0.5, 0.6) is 0 Å². The van der Waals surface area contributed by atoms with E-state index in [0.717, 1.165) is 0 Å². The molecule has 0 aliphatic heterocycles. The number of hydrogen-bond donors (Lipinski definition) is 2. The van der Waals surface area contributed by atoms with Crippen molar-refractivity contribution >= 4 is 23.3 Å². The molecule has 0 aliphatic rings.